The van der Waals surface area contributed by atoms with Gasteiger partial charge in [0.2, 0.25) is 0 Å². The molecule has 182 valence electrons. The highest BCUT2D eigenvalue weighted by atomic mass is 16.5. The number of ether oxygens (including phenoxy) is 1. The summed E-state index contributed by atoms with van der Waals surface area (Å²) in [5, 5.41) is 0. The van der Waals surface area contributed by atoms with E-state index in [1.165, 1.54) is 30.4 Å². The van der Waals surface area contributed by atoms with Crippen molar-refractivity contribution in [2.75, 3.05) is 0 Å². The average molecular weight is 476 g/mol. The fraction of sp³-hybridized carbons (Fsp3) is 0.212. The van der Waals surface area contributed by atoms with E-state index >= 15 is 0 Å². The zero-order chi connectivity index (χ0) is 25.2. The normalized spacial score (nSPS) is 11.9. The second kappa shape index (κ2) is 12.6. The van der Waals surface area contributed by atoms with Crippen LogP contribution < -0.4 is 4.74 Å². The largest absolute Gasteiger partial charge is 0.423 e. The molecule has 4 aromatic rings. The van der Waals surface area contributed by atoms with Gasteiger partial charge in [-0.15, -0.1) is 0 Å². The highest BCUT2D eigenvalue weighted by molar-refractivity contribution is 5.91. The molecule has 0 fully saturated rings. The molecule has 36 heavy (non-hydrogen) atoms. The lowest BCUT2D eigenvalue weighted by Gasteiger charge is -2.08. The first-order chi connectivity index (χ1) is 17.6. The van der Waals surface area contributed by atoms with Crippen molar-refractivity contribution in [3.8, 4) is 16.9 Å². The van der Waals surface area contributed by atoms with Crippen molar-refractivity contribution in [2.45, 2.75) is 45.6 Å². The molecule has 0 spiro atoms. The first-order valence-corrected chi connectivity index (χ1v) is 12.7. The summed E-state index contributed by atoms with van der Waals surface area (Å²) in [4.78, 5) is 17.3. The molecule has 4 rings (SSSR count). The molecular formula is C33H33NO2. The number of carbonyl (C=O) groups is 1. The number of aryl methyl sites for hydroxylation is 1. The van der Waals surface area contributed by atoms with Gasteiger partial charge in [-0.2, -0.15) is 0 Å². The van der Waals surface area contributed by atoms with Crippen LogP contribution in [0.4, 0.5) is 0 Å². The third-order valence-corrected chi connectivity index (χ3v) is 6.30. The third kappa shape index (κ3) is 7.02. The minimum atomic E-state index is -0.369. The van der Waals surface area contributed by atoms with Gasteiger partial charge < -0.3 is 4.74 Å². The first kappa shape index (κ1) is 25.1. The van der Waals surface area contributed by atoms with Gasteiger partial charge >= 0.3 is 5.97 Å². The fourth-order valence-corrected chi connectivity index (χ4v) is 4.05. The van der Waals surface area contributed by atoms with E-state index < -0.39 is 0 Å². The molecule has 0 aromatic heterocycles. The van der Waals surface area contributed by atoms with Gasteiger partial charge in [0.15, 0.2) is 0 Å². The van der Waals surface area contributed by atoms with E-state index in [1.807, 2.05) is 60.8 Å². The molecule has 0 saturated heterocycles. The second-order valence-corrected chi connectivity index (χ2v) is 9.05. The molecule has 0 amide bonds. The molecule has 1 atom stereocenters. The predicted molar refractivity (Wildman–Crippen MR) is 149 cm³/mol. The molecule has 0 aliphatic rings. The number of carbonyl (C=O) groups excluding carboxylic acids is 1. The zero-order valence-electron chi connectivity index (χ0n) is 21.1. The third-order valence-electron chi connectivity index (χ3n) is 6.30. The molecule has 0 N–H and O–H groups in total. The monoisotopic (exact) mass is 475 g/mol. The van der Waals surface area contributed by atoms with Crippen LogP contribution in [0.3, 0.4) is 0 Å². The Kier molecular flexibility index (Phi) is 8.82. The van der Waals surface area contributed by atoms with Crippen LogP contribution >= 0.6 is 0 Å². The lowest BCUT2D eigenvalue weighted by Crippen LogP contribution is -2.08. The maximum absolute atomic E-state index is 12.6. The Hall–Kier alpha value is -3.98. The minimum Gasteiger partial charge on any atom is -0.423 e. The highest BCUT2D eigenvalue weighted by Crippen LogP contribution is 2.22. The zero-order valence-corrected chi connectivity index (χ0v) is 21.1. The number of benzene rings is 4. The molecule has 3 nitrogen and oxygen atoms in total. The van der Waals surface area contributed by atoms with E-state index in [-0.39, 0.29) is 12.0 Å². The van der Waals surface area contributed by atoms with E-state index in [9.17, 15) is 4.79 Å². The van der Waals surface area contributed by atoms with Crippen molar-refractivity contribution < 1.29 is 9.53 Å². The Morgan fingerprint density at radius 2 is 1.44 bits per heavy atom. The van der Waals surface area contributed by atoms with Crippen molar-refractivity contribution in [3.63, 3.8) is 0 Å². The molecule has 0 aliphatic heterocycles. The number of aliphatic imine (C=N–C) groups is 1. The van der Waals surface area contributed by atoms with Crippen LogP contribution in [0.5, 0.6) is 5.75 Å². The Bertz CT molecular complexity index is 1260. The Morgan fingerprint density at radius 3 is 2.08 bits per heavy atom. The van der Waals surface area contributed by atoms with Crippen molar-refractivity contribution in [2.24, 2.45) is 4.99 Å². The van der Waals surface area contributed by atoms with E-state index in [2.05, 4.69) is 55.2 Å². The van der Waals surface area contributed by atoms with Crippen LogP contribution in [0.2, 0.25) is 0 Å². The van der Waals surface area contributed by atoms with Crippen LogP contribution in [-0.2, 0) is 6.42 Å². The van der Waals surface area contributed by atoms with Gasteiger partial charge in [0.25, 0.3) is 0 Å². The van der Waals surface area contributed by atoms with Crippen molar-refractivity contribution in [1.29, 1.82) is 0 Å². The number of hydrogen-bond acceptors (Lipinski definition) is 3. The van der Waals surface area contributed by atoms with Gasteiger partial charge in [-0.25, -0.2) is 4.79 Å². The molecule has 1 unspecified atom stereocenters. The number of hydrogen-bond donors (Lipinski definition) is 0. The molecule has 0 heterocycles. The van der Waals surface area contributed by atoms with Gasteiger partial charge in [-0.1, -0.05) is 86.5 Å². The van der Waals surface area contributed by atoms with E-state index in [4.69, 9.17) is 4.74 Å². The van der Waals surface area contributed by atoms with E-state index in [0.717, 1.165) is 23.1 Å². The smallest absolute Gasteiger partial charge is 0.343 e. The molecule has 3 heteroatoms. The number of esters is 1. The van der Waals surface area contributed by atoms with Gasteiger partial charge in [0.05, 0.1) is 11.6 Å². The number of rotatable bonds is 10. The van der Waals surface area contributed by atoms with Crippen LogP contribution in [0.1, 0.15) is 66.2 Å². The van der Waals surface area contributed by atoms with Crippen molar-refractivity contribution >= 4 is 12.2 Å². The van der Waals surface area contributed by atoms with Crippen LogP contribution in [0.15, 0.2) is 108 Å². The highest BCUT2D eigenvalue weighted by Gasteiger charge is 2.09. The predicted octanol–water partition coefficient (Wildman–Crippen LogP) is 8.49. The lowest BCUT2D eigenvalue weighted by atomic mass is 10.0. The summed E-state index contributed by atoms with van der Waals surface area (Å²) in [5.41, 5.74) is 6.25. The molecule has 0 saturated carbocycles. The number of unbranched alkanes of at least 4 members (excludes halogenated alkanes) is 2. The standard InChI is InChI=1S/C33H33NO2/c1-3-4-6-9-26-12-16-29(17-13-26)30-18-20-31(21-19-30)33(35)36-32-22-14-27(15-23-32)24-34-25(2)28-10-7-5-8-11-28/h5,7-8,10-25H,3-4,6,9H2,1-2H3. The summed E-state index contributed by atoms with van der Waals surface area (Å²) in [7, 11) is 0. The molecule has 0 bridgehead atoms. The molecule has 0 radical (unpaired) electrons. The summed E-state index contributed by atoms with van der Waals surface area (Å²) in [6.07, 6.45) is 6.71. The quantitative estimate of drug-likeness (QED) is 0.0998. The first-order valence-electron chi connectivity index (χ1n) is 12.7. The summed E-state index contributed by atoms with van der Waals surface area (Å²) in [6, 6.07) is 33.9. The molecule has 0 aliphatic carbocycles. The maximum atomic E-state index is 12.6. The van der Waals surface area contributed by atoms with Gasteiger partial charge in [0, 0.05) is 6.21 Å². The van der Waals surface area contributed by atoms with Gasteiger partial charge in [-0.3, -0.25) is 4.99 Å². The minimum absolute atomic E-state index is 0.0791. The topological polar surface area (TPSA) is 38.7 Å². The summed E-state index contributed by atoms with van der Waals surface area (Å²) < 4.78 is 5.57. The Labute approximate surface area is 214 Å². The van der Waals surface area contributed by atoms with Crippen molar-refractivity contribution in [1.82, 2.24) is 0 Å². The van der Waals surface area contributed by atoms with Crippen LogP contribution in [0.25, 0.3) is 11.1 Å². The molecular weight excluding hydrogens is 442 g/mol. The number of nitrogens with zero attached hydrogens (tertiary/aromatic N) is 1. The fourth-order valence-electron chi connectivity index (χ4n) is 4.05. The summed E-state index contributed by atoms with van der Waals surface area (Å²) in [6.45, 7) is 4.29. The Morgan fingerprint density at radius 1 is 0.806 bits per heavy atom. The van der Waals surface area contributed by atoms with E-state index in [0.29, 0.717) is 11.3 Å². The molecule has 4 aromatic carbocycles. The summed E-state index contributed by atoms with van der Waals surface area (Å²) >= 11 is 0. The van der Waals surface area contributed by atoms with Gasteiger partial charge in [0.1, 0.15) is 5.75 Å². The summed E-state index contributed by atoms with van der Waals surface area (Å²) in [5.74, 6) is 0.142. The van der Waals surface area contributed by atoms with Crippen LogP contribution in [0, 0.1) is 0 Å². The second-order valence-electron chi connectivity index (χ2n) is 9.05. The van der Waals surface area contributed by atoms with Crippen LogP contribution in [-0.4, -0.2) is 12.2 Å². The lowest BCUT2D eigenvalue weighted by molar-refractivity contribution is 0.0735. The average Bonchev–Trinajstić information content (AvgIpc) is 2.93. The van der Waals surface area contributed by atoms with Gasteiger partial charge in [-0.05, 0) is 84.0 Å². The van der Waals surface area contributed by atoms with Crippen molar-refractivity contribution in [3.05, 3.63) is 125 Å². The Balaban J connectivity index is 1.32. The SMILES string of the molecule is CCCCCc1ccc(-c2ccc(C(=O)Oc3ccc(C=NC(C)c4ccccc4)cc3)cc2)cc1. The maximum Gasteiger partial charge on any atom is 0.343 e. The van der Waals surface area contributed by atoms with E-state index in [1.54, 1.807) is 12.1 Å².